The Morgan fingerprint density at radius 2 is 1.86 bits per heavy atom. The van der Waals surface area contributed by atoms with Crippen molar-refractivity contribution in [2.24, 2.45) is 4.99 Å². The molecule has 1 amide bonds. The van der Waals surface area contributed by atoms with Crippen molar-refractivity contribution in [1.29, 1.82) is 0 Å². The molecule has 0 saturated heterocycles. The van der Waals surface area contributed by atoms with Crippen molar-refractivity contribution in [2.75, 3.05) is 0 Å². The summed E-state index contributed by atoms with van der Waals surface area (Å²) in [5.74, 6) is -0.274. The minimum absolute atomic E-state index is 0.115. The number of benzene rings is 2. The number of rotatable bonds is 6. The van der Waals surface area contributed by atoms with Gasteiger partial charge in [0.15, 0.2) is 14.6 Å². The van der Waals surface area contributed by atoms with Gasteiger partial charge in [0.05, 0.1) is 26.8 Å². The van der Waals surface area contributed by atoms with E-state index in [4.69, 9.17) is 0 Å². The first-order valence-electron chi connectivity index (χ1n) is 8.92. The molecule has 0 aliphatic rings. The van der Waals surface area contributed by atoms with Gasteiger partial charge < -0.3 is 4.57 Å². The highest BCUT2D eigenvalue weighted by Gasteiger charge is 2.18. The van der Waals surface area contributed by atoms with E-state index in [1.165, 1.54) is 11.3 Å². The molecule has 0 fully saturated rings. The zero-order valence-electron chi connectivity index (χ0n) is 15.8. The summed E-state index contributed by atoms with van der Waals surface area (Å²) in [4.78, 5) is 17.7. The van der Waals surface area contributed by atoms with Gasteiger partial charge in [-0.05, 0) is 43.7 Å². The van der Waals surface area contributed by atoms with Gasteiger partial charge in [-0.15, -0.1) is 6.58 Å². The van der Waals surface area contributed by atoms with Crippen molar-refractivity contribution in [2.45, 2.75) is 37.0 Å². The van der Waals surface area contributed by atoms with Crippen molar-refractivity contribution in [3.8, 4) is 0 Å². The predicted molar refractivity (Wildman–Crippen MR) is 113 cm³/mol. The third kappa shape index (κ3) is 4.15. The number of carbonyl (C=O) groups is 1. The summed E-state index contributed by atoms with van der Waals surface area (Å²) >= 11 is 1.46. The summed E-state index contributed by atoms with van der Waals surface area (Å²) in [7, 11) is -3.32. The van der Waals surface area contributed by atoms with E-state index in [1.807, 2.05) is 28.8 Å². The molecule has 0 aliphatic heterocycles. The van der Waals surface area contributed by atoms with Crippen molar-refractivity contribution in [1.82, 2.24) is 4.57 Å². The van der Waals surface area contributed by atoms with E-state index < -0.39 is 15.1 Å². The van der Waals surface area contributed by atoms with Crippen LogP contribution >= 0.6 is 11.3 Å². The van der Waals surface area contributed by atoms with E-state index in [0.717, 1.165) is 15.8 Å². The number of hydrogen-bond donors (Lipinski definition) is 0. The molecule has 0 radical (unpaired) electrons. The molecule has 3 aromatic rings. The van der Waals surface area contributed by atoms with Gasteiger partial charge in [0, 0.05) is 6.54 Å². The van der Waals surface area contributed by atoms with Crippen molar-refractivity contribution in [3.05, 3.63) is 71.6 Å². The van der Waals surface area contributed by atoms with Crippen LogP contribution in [0.15, 0.2) is 71.1 Å². The van der Waals surface area contributed by atoms with Crippen molar-refractivity contribution in [3.63, 3.8) is 0 Å². The minimum Gasteiger partial charge on any atom is -0.313 e. The highest BCUT2D eigenvalue weighted by atomic mass is 32.2. The van der Waals surface area contributed by atoms with Crippen LogP contribution in [0.1, 0.15) is 19.4 Å². The second-order valence-electron chi connectivity index (χ2n) is 6.67. The number of sulfone groups is 1. The van der Waals surface area contributed by atoms with Crippen molar-refractivity contribution < 1.29 is 13.2 Å². The molecule has 0 aliphatic carbocycles. The summed E-state index contributed by atoms with van der Waals surface area (Å²) in [5.41, 5.74) is 1.75. The van der Waals surface area contributed by atoms with Gasteiger partial charge in [-0.1, -0.05) is 41.7 Å². The Balaban J connectivity index is 1.87. The first-order valence-corrected chi connectivity index (χ1v) is 11.3. The van der Waals surface area contributed by atoms with Crippen LogP contribution in [-0.2, 0) is 27.6 Å². The maximum atomic E-state index is 12.5. The fraction of sp³-hybridized carbons (Fsp3) is 0.238. The number of allylic oxidation sites excluding steroid dienone is 1. The maximum Gasteiger partial charge on any atom is 0.252 e. The molecule has 0 spiro atoms. The van der Waals surface area contributed by atoms with Crippen LogP contribution in [0.5, 0.6) is 0 Å². The number of fused-ring (bicyclic) bond motifs is 1. The lowest BCUT2D eigenvalue weighted by Crippen LogP contribution is -2.17. The Bertz CT molecular complexity index is 1180. The lowest BCUT2D eigenvalue weighted by molar-refractivity contribution is -0.117. The quantitative estimate of drug-likeness (QED) is 0.577. The SMILES string of the molecule is C=CCn1c(=NC(=O)Cc2ccc(S(=O)(=O)C(C)C)cc2)sc2ccccc21. The van der Waals surface area contributed by atoms with Crippen LogP contribution in [-0.4, -0.2) is 24.1 Å². The average Bonchev–Trinajstić information content (AvgIpc) is 2.99. The standard InChI is InChI=1S/C21H22N2O3S2/c1-4-13-23-18-7-5-6-8-19(18)27-21(23)22-20(24)14-16-9-11-17(12-10-16)28(25,26)15(2)3/h4-12,15H,1,13-14H2,2-3H3. The maximum absolute atomic E-state index is 12.5. The van der Waals surface area contributed by atoms with Gasteiger partial charge in [0.25, 0.3) is 5.91 Å². The monoisotopic (exact) mass is 414 g/mol. The molecular weight excluding hydrogens is 392 g/mol. The molecule has 0 unspecified atom stereocenters. The van der Waals surface area contributed by atoms with E-state index in [0.29, 0.717) is 11.3 Å². The molecule has 1 aromatic heterocycles. The number of thiazole rings is 1. The molecule has 5 nitrogen and oxygen atoms in total. The largest absolute Gasteiger partial charge is 0.313 e. The van der Waals surface area contributed by atoms with Gasteiger partial charge in [0.1, 0.15) is 0 Å². The molecule has 1 heterocycles. The lowest BCUT2D eigenvalue weighted by Gasteiger charge is -2.08. The Labute approximate surface area is 168 Å². The topological polar surface area (TPSA) is 68.5 Å². The summed E-state index contributed by atoms with van der Waals surface area (Å²) in [6, 6.07) is 14.3. The minimum atomic E-state index is -3.32. The normalized spacial score (nSPS) is 12.6. The molecule has 0 N–H and O–H groups in total. The molecule has 0 saturated carbocycles. The molecule has 7 heteroatoms. The summed E-state index contributed by atoms with van der Waals surface area (Å²) in [5, 5.41) is -0.483. The Hall–Kier alpha value is -2.51. The van der Waals surface area contributed by atoms with Gasteiger partial charge in [0.2, 0.25) is 0 Å². The molecular formula is C21H22N2O3S2. The van der Waals surface area contributed by atoms with Crippen molar-refractivity contribution >= 4 is 37.3 Å². The number of nitrogens with zero attached hydrogens (tertiary/aromatic N) is 2. The van der Waals surface area contributed by atoms with E-state index >= 15 is 0 Å². The lowest BCUT2D eigenvalue weighted by atomic mass is 10.1. The molecule has 2 aromatic carbocycles. The molecule has 0 atom stereocenters. The van der Waals surface area contributed by atoms with Crippen LogP contribution in [0.3, 0.4) is 0 Å². The van der Waals surface area contributed by atoms with Crippen LogP contribution in [0, 0.1) is 0 Å². The zero-order chi connectivity index (χ0) is 20.3. The summed E-state index contributed by atoms with van der Waals surface area (Å²) < 4.78 is 27.4. The number of hydrogen-bond acceptors (Lipinski definition) is 4. The Morgan fingerprint density at radius 3 is 2.50 bits per heavy atom. The highest BCUT2D eigenvalue weighted by Crippen LogP contribution is 2.18. The third-order valence-electron chi connectivity index (χ3n) is 4.35. The summed E-state index contributed by atoms with van der Waals surface area (Å²) in [6.45, 7) is 7.64. The molecule has 3 rings (SSSR count). The number of aromatic nitrogens is 1. The second kappa shape index (κ2) is 8.24. The van der Waals surface area contributed by atoms with E-state index in [2.05, 4.69) is 11.6 Å². The molecule has 0 bridgehead atoms. The smallest absolute Gasteiger partial charge is 0.252 e. The van der Waals surface area contributed by atoms with Gasteiger partial charge in [-0.2, -0.15) is 4.99 Å². The van der Waals surface area contributed by atoms with Gasteiger partial charge in [-0.3, -0.25) is 4.79 Å². The second-order valence-corrected chi connectivity index (χ2v) is 10.2. The van der Waals surface area contributed by atoms with E-state index in [-0.39, 0.29) is 17.2 Å². The molecule has 146 valence electrons. The third-order valence-corrected chi connectivity index (χ3v) is 7.58. The number of amides is 1. The summed E-state index contributed by atoms with van der Waals surface area (Å²) in [6.07, 6.45) is 1.89. The fourth-order valence-electron chi connectivity index (χ4n) is 2.80. The van der Waals surface area contributed by atoms with Crippen LogP contribution < -0.4 is 4.80 Å². The van der Waals surface area contributed by atoms with E-state index in [9.17, 15) is 13.2 Å². The molecule has 28 heavy (non-hydrogen) atoms. The predicted octanol–water partition coefficient (Wildman–Crippen LogP) is 3.74. The average molecular weight is 415 g/mol. The highest BCUT2D eigenvalue weighted by molar-refractivity contribution is 7.92. The Kier molecular flexibility index (Phi) is 5.96. The van der Waals surface area contributed by atoms with Crippen LogP contribution in [0.2, 0.25) is 0 Å². The number of para-hydroxylation sites is 1. The van der Waals surface area contributed by atoms with Crippen LogP contribution in [0.4, 0.5) is 0 Å². The first kappa shape index (κ1) is 20.2. The fourth-order valence-corrected chi connectivity index (χ4v) is 4.92. The Morgan fingerprint density at radius 1 is 1.18 bits per heavy atom. The first-order chi connectivity index (χ1) is 13.3. The van der Waals surface area contributed by atoms with Gasteiger partial charge in [-0.25, -0.2) is 8.42 Å². The van der Waals surface area contributed by atoms with Gasteiger partial charge >= 0.3 is 0 Å². The van der Waals surface area contributed by atoms with Crippen LogP contribution in [0.25, 0.3) is 10.2 Å². The van der Waals surface area contributed by atoms with E-state index in [1.54, 1.807) is 44.2 Å². The number of carbonyl (C=O) groups excluding carboxylic acids is 1. The zero-order valence-corrected chi connectivity index (χ0v) is 17.5.